The highest BCUT2D eigenvalue weighted by Crippen LogP contribution is 2.33. The van der Waals surface area contributed by atoms with Crippen LogP contribution in [0.4, 0.5) is 0 Å². The van der Waals surface area contributed by atoms with E-state index in [9.17, 15) is 4.79 Å². The number of rotatable bonds is 0. The number of para-hydroxylation sites is 1. The van der Waals surface area contributed by atoms with Crippen molar-refractivity contribution in [1.29, 1.82) is 0 Å². The Bertz CT molecular complexity index is 297. The van der Waals surface area contributed by atoms with Gasteiger partial charge in [-0.3, -0.25) is 4.79 Å². The Labute approximate surface area is 65.1 Å². The molecule has 0 amide bonds. The van der Waals surface area contributed by atoms with E-state index >= 15 is 0 Å². The second-order valence-electron chi connectivity index (χ2n) is 2.05. The largest absolute Gasteiger partial charge is 0.333 e. The van der Waals surface area contributed by atoms with Crippen LogP contribution in [0, 0.1) is 0 Å². The summed E-state index contributed by atoms with van der Waals surface area (Å²) >= 11 is 0. The molecule has 1 aromatic rings. The van der Waals surface area contributed by atoms with Gasteiger partial charge in [0.2, 0.25) is 14.3 Å². The molecule has 0 bridgehead atoms. The Morgan fingerprint density at radius 2 is 2.09 bits per heavy atom. The molecule has 0 aliphatic carbocycles. The van der Waals surface area contributed by atoms with Crippen molar-refractivity contribution in [3.8, 4) is 5.75 Å². The first kappa shape index (κ1) is 6.77. The first-order valence-corrected chi connectivity index (χ1v) is 3.87. The van der Waals surface area contributed by atoms with Crippen LogP contribution < -0.4 is 4.89 Å². The van der Waals surface area contributed by atoms with Gasteiger partial charge in [0.25, 0.3) is 0 Å². The summed E-state index contributed by atoms with van der Waals surface area (Å²) in [6, 6.07) is 6.99. The molecular weight excluding hydrogens is 163 g/mol. The van der Waals surface area contributed by atoms with E-state index in [-0.39, 0.29) is 14.3 Å². The van der Waals surface area contributed by atoms with Crippen molar-refractivity contribution in [2.45, 2.75) is 0 Å². The Morgan fingerprint density at radius 1 is 1.27 bits per heavy atom. The van der Waals surface area contributed by atoms with E-state index in [1.807, 2.05) is 0 Å². The van der Waals surface area contributed by atoms with Gasteiger partial charge in [-0.05, 0) is 12.1 Å². The summed E-state index contributed by atoms with van der Waals surface area (Å²) < 4.78 is 4.53. The Hall–Kier alpha value is -0.920. The van der Waals surface area contributed by atoms with Crippen molar-refractivity contribution in [1.82, 2.24) is 0 Å². The smallest absolute Gasteiger partial charge is 0.227 e. The van der Waals surface area contributed by atoms with Crippen LogP contribution in [0.1, 0.15) is 10.4 Å². The maximum absolute atomic E-state index is 11.1. The number of fused-ring (bicyclic) bond motifs is 1. The summed E-state index contributed by atoms with van der Waals surface area (Å²) in [5.41, 5.74) is 0.521. The van der Waals surface area contributed by atoms with Gasteiger partial charge in [-0.1, -0.05) is 12.1 Å². The SMILES string of the molecule is O=C1[P]OOc2ccccc21. The van der Waals surface area contributed by atoms with E-state index in [2.05, 4.69) is 4.67 Å². The Balaban J connectivity index is 2.52. The fourth-order valence-electron chi connectivity index (χ4n) is 0.858. The summed E-state index contributed by atoms with van der Waals surface area (Å²) in [6.07, 6.45) is 0. The van der Waals surface area contributed by atoms with Crippen LogP contribution in [0.25, 0.3) is 0 Å². The molecule has 0 unspecified atom stereocenters. The molecule has 3 nitrogen and oxygen atoms in total. The third-order valence-corrected chi connectivity index (χ3v) is 1.92. The van der Waals surface area contributed by atoms with E-state index in [0.717, 1.165) is 0 Å². The van der Waals surface area contributed by atoms with Crippen molar-refractivity contribution < 1.29 is 14.4 Å². The van der Waals surface area contributed by atoms with E-state index < -0.39 is 0 Å². The number of hydrogen-bond donors (Lipinski definition) is 0. The molecule has 0 N–H and O–H groups in total. The van der Waals surface area contributed by atoms with Crippen molar-refractivity contribution in [3.05, 3.63) is 29.8 Å². The second-order valence-corrected chi connectivity index (χ2v) is 2.79. The van der Waals surface area contributed by atoms with Gasteiger partial charge >= 0.3 is 0 Å². The fraction of sp³-hybridized carbons (Fsp3) is 0. The summed E-state index contributed by atoms with van der Waals surface area (Å²) in [6.45, 7) is 0. The molecule has 0 fully saturated rings. The van der Waals surface area contributed by atoms with Crippen LogP contribution >= 0.6 is 8.81 Å². The van der Waals surface area contributed by atoms with Gasteiger partial charge in [-0.25, -0.2) is 0 Å². The lowest BCUT2D eigenvalue weighted by atomic mass is 10.2. The molecule has 0 aromatic heterocycles. The van der Waals surface area contributed by atoms with Crippen molar-refractivity contribution in [3.63, 3.8) is 0 Å². The number of benzene rings is 1. The molecule has 55 valence electrons. The average molecular weight is 167 g/mol. The molecule has 0 atom stereocenters. The fourth-order valence-corrected chi connectivity index (χ4v) is 1.33. The predicted molar refractivity (Wildman–Crippen MR) is 39.4 cm³/mol. The third kappa shape index (κ3) is 1.13. The number of carbonyl (C=O) groups is 1. The molecule has 11 heavy (non-hydrogen) atoms. The first-order valence-electron chi connectivity index (χ1n) is 3.06. The van der Waals surface area contributed by atoms with Gasteiger partial charge in [0, 0.05) is 0 Å². The number of hydrogen-bond acceptors (Lipinski definition) is 3. The lowest BCUT2D eigenvalue weighted by Crippen LogP contribution is -2.04. The summed E-state index contributed by atoms with van der Waals surface area (Å²) in [5, 5.41) is 0. The van der Waals surface area contributed by atoms with Crippen molar-refractivity contribution in [2.24, 2.45) is 0 Å². The zero-order valence-electron chi connectivity index (χ0n) is 5.48. The Morgan fingerprint density at radius 3 is 2.91 bits per heavy atom. The molecule has 0 saturated heterocycles. The molecule has 1 radical (unpaired) electrons. The van der Waals surface area contributed by atoms with Gasteiger partial charge in [0.15, 0.2) is 5.75 Å². The summed E-state index contributed by atoms with van der Waals surface area (Å²) in [4.78, 5) is 15.8. The van der Waals surface area contributed by atoms with E-state index in [4.69, 9.17) is 4.89 Å². The molecule has 0 spiro atoms. The van der Waals surface area contributed by atoms with Crippen LogP contribution in [0.5, 0.6) is 5.75 Å². The Kier molecular flexibility index (Phi) is 1.60. The summed E-state index contributed by atoms with van der Waals surface area (Å²) in [7, 11) is 0.240. The highest BCUT2D eigenvalue weighted by molar-refractivity contribution is 7.54. The van der Waals surface area contributed by atoms with Crippen LogP contribution in [-0.4, -0.2) is 5.52 Å². The van der Waals surface area contributed by atoms with Gasteiger partial charge in [0.05, 0.1) is 5.56 Å². The zero-order valence-corrected chi connectivity index (χ0v) is 6.38. The van der Waals surface area contributed by atoms with Crippen LogP contribution in [0.2, 0.25) is 0 Å². The minimum Gasteiger partial charge on any atom is -0.333 e. The molecule has 4 heteroatoms. The highest BCUT2D eigenvalue weighted by atomic mass is 31.1. The minimum absolute atomic E-state index is 0.0631. The third-order valence-electron chi connectivity index (χ3n) is 1.36. The van der Waals surface area contributed by atoms with Gasteiger partial charge in [-0.15, -0.1) is 0 Å². The maximum atomic E-state index is 11.1. The topological polar surface area (TPSA) is 35.5 Å². The van der Waals surface area contributed by atoms with Gasteiger partial charge in [-0.2, -0.15) is 4.67 Å². The van der Waals surface area contributed by atoms with E-state index in [0.29, 0.717) is 11.3 Å². The monoisotopic (exact) mass is 167 g/mol. The van der Waals surface area contributed by atoms with Gasteiger partial charge in [0.1, 0.15) is 0 Å². The van der Waals surface area contributed by atoms with Crippen LogP contribution in [0.3, 0.4) is 0 Å². The van der Waals surface area contributed by atoms with Gasteiger partial charge < -0.3 is 4.89 Å². The maximum Gasteiger partial charge on any atom is 0.227 e. The normalized spacial score (nSPS) is 17.6. The lowest BCUT2D eigenvalue weighted by molar-refractivity contribution is -0.0864. The van der Waals surface area contributed by atoms with Crippen LogP contribution in [-0.2, 0) is 4.67 Å². The highest BCUT2D eigenvalue weighted by Gasteiger charge is 2.20. The average Bonchev–Trinajstić information content (AvgIpc) is 2.06. The molecule has 1 heterocycles. The minimum atomic E-state index is -0.0631. The van der Waals surface area contributed by atoms with E-state index in [1.54, 1.807) is 24.3 Å². The van der Waals surface area contributed by atoms with Crippen LogP contribution in [0.15, 0.2) is 24.3 Å². The standard InChI is InChI=1S/C7H4O3P/c8-7-5-3-1-2-4-6(5)9-10-11-7/h1-4H. The lowest BCUT2D eigenvalue weighted by Gasteiger charge is -2.11. The molecule has 1 aliphatic heterocycles. The van der Waals surface area contributed by atoms with Crippen molar-refractivity contribution >= 4 is 14.3 Å². The molecule has 1 aliphatic rings. The zero-order chi connectivity index (χ0) is 7.68. The quantitative estimate of drug-likeness (QED) is 0.438. The molecule has 2 rings (SSSR count). The number of carbonyl (C=O) groups excluding carboxylic acids is 1. The second kappa shape index (κ2) is 2.61. The first-order chi connectivity index (χ1) is 5.38. The summed E-state index contributed by atoms with van der Waals surface area (Å²) in [5.74, 6) is 0.497. The predicted octanol–water partition coefficient (Wildman–Crippen LogP) is 2.01. The van der Waals surface area contributed by atoms with Crippen molar-refractivity contribution in [2.75, 3.05) is 0 Å². The molecule has 1 aromatic carbocycles. The van der Waals surface area contributed by atoms with E-state index in [1.165, 1.54) is 0 Å². The molecule has 0 saturated carbocycles. The molecular formula is C7H4O3P.